The average molecular weight is 343 g/mol. The molecule has 0 saturated heterocycles. The maximum Gasteiger partial charge on any atom is 0.242 e. The highest BCUT2D eigenvalue weighted by atomic mass is 35.5. The van der Waals surface area contributed by atoms with Crippen LogP contribution in [0.3, 0.4) is 0 Å². The highest BCUT2D eigenvalue weighted by Crippen LogP contribution is 2.26. The van der Waals surface area contributed by atoms with Crippen LogP contribution in [0.5, 0.6) is 0 Å². The predicted octanol–water partition coefficient (Wildman–Crippen LogP) is 1.46. The third-order valence-electron chi connectivity index (χ3n) is 2.33. The minimum absolute atomic E-state index is 0.114. The van der Waals surface area contributed by atoms with Crippen molar-refractivity contribution in [1.82, 2.24) is 4.72 Å². The highest BCUT2D eigenvalue weighted by molar-refractivity contribution is 7.99. The maximum atomic E-state index is 13.1. The van der Waals surface area contributed by atoms with E-state index < -0.39 is 15.8 Å². The lowest BCUT2D eigenvalue weighted by Crippen LogP contribution is -2.26. The fourth-order valence-electron chi connectivity index (χ4n) is 1.35. The largest absolute Gasteiger partial charge is 0.396 e. The molecule has 0 radical (unpaired) electrons. The molecule has 0 aliphatic rings. The molecule has 1 aromatic rings. The molecule has 20 heavy (non-hydrogen) atoms. The summed E-state index contributed by atoms with van der Waals surface area (Å²) in [5, 5.41) is 8.39. The summed E-state index contributed by atoms with van der Waals surface area (Å²) in [4.78, 5) is -0.238. The zero-order valence-corrected chi connectivity index (χ0v) is 13.0. The van der Waals surface area contributed by atoms with Crippen LogP contribution in [0.25, 0.3) is 0 Å². The quantitative estimate of drug-likeness (QED) is 0.491. The van der Waals surface area contributed by atoms with Crippen molar-refractivity contribution in [3.63, 3.8) is 0 Å². The van der Waals surface area contributed by atoms with Gasteiger partial charge in [-0.3, -0.25) is 0 Å². The molecule has 0 aliphatic heterocycles. The Bertz CT molecular complexity index is 555. The number of thioether (sulfide) groups is 1. The Kier molecular flexibility index (Phi) is 7.04. The third kappa shape index (κ3) is 5.10. The topological polar surface area (TPSA) is 92.4 Å². The minimum Gasteiger partial charge on any atom is -0.396 e. The zero-order valence-electron chi connectivity index (χ0n) is 10.6. The number of anilines is 1. The van der Waals surface area contributed by atoms with Gasteiger partial charge in [0, 0.05) is 18.9 Å². The van der Waals surface area contributed by atoms with Crippen LogP contribution in [0.15, 0.2) is 17.0 Å². The van der Waals surface area contributed by atoms with Crippen molar-refractivity contribution >= 4 is 39.1 Å². The standard InChI is InChI=1S/C11H16ClFN2O3S2/c12-8-6-9(13)10(14)7-11(8)20(17,18)15-2-5-19-4-1-3-16/h6-7,15-16H,1-5,14H2. The molecule has 9 heteroatoms. The number of benzene rings is 1. The molecule has 0 spiro atoms. The molecule has 0 aromatic heterocycles. The molecule has 0 bridgehead atoms. The van der Waals surface area contributed by atoms with E-state index in [1.54, 1.807) is 0 Å². The molecule has 0 amide bonds. The molecule has 114 valence electrons. The Morgan fingerprint density at radius 2 is 2.10 bits per heavy atom. The van der Waals surface area contributed by atoms with E-state index in [0.717, 1.165) is 17.9 Å². The first kappa shape index (κ1) is 17.5. The first-order valence-corrected chi connectivity index (χ1v) is 8.83. The third-order valence-corrected chi connectivity index (χ3v) is 5.32. The summed E-state index contributed by atoms with van der Waals surface area (Å²) in [6.45, 7) is 0.329. The Labute approximate surface area is 126 Å². The Balaban J connectivity index is 2.63. The van der Waals surface area contributed by atoms with E-state index in [1.165, 1.54) is 11.8 Å². The molecule has 0 saturated carbocycles. The van der Waals surface area contributed by atoms with Gasteiger partial charge in [0.25, 0.3) is 0 Å². The van der Waals surface area contributed by atoms with Gasteiger partial charge in [-0.15, -0.1) is 0 Å². The Morgan fingerprint density at radius 1 is 1.40 bits per heavy atom. The molecule has 4 N–H and O–H groups in total. The fourth-order valence-corrected chi connectivity index (χ4v) is 3.84. The number of rotatable bonds is 8. The van der Waals surface area contributed by atoms with Crippen LogP contribution >= 0.6 is 23.4 Å². The second kappa shape index (κ2) is 8.04. The van der Waals surface area contributed by atoms with Gasteiger partial charge in [0.15, 0.2) is 0 Å². The zero-order chi connectivity index (χ0) is 15.2. The number of aliphatic hydroxyl groups excluding tert-OH is 1. The van der Waals surface area contributed by atoms with Crippen LogP contribution < -0.4 is 10.5 Å². The summed E-state index contributed by atoms with van der Waals surface area (Å²) in [6.07, 6.45) is 0.664. The number of nitrogens with two attached hydrogens (primary N) is 1. The van der Waals surface area contributed by atoms with Gasteiger partial charge < -0.3 is 10.8 Å². The van der Waals surface area contributed by atoms with E-state index in [1.807, 2.05) is 0 Å². The molecular weight excluding hydrogens is 327 g/mol. The number of sulfonamides is 1. The lowest BCUT2D eigenvalue weighted by atomic mass is 10.3. The molecule has 0 heterocycles. The summed E-state index contributed by atoms with van der Waals surface area (Å²) in [5.41, 5.74) is 5.07. The van der Waals surface area contributed by atoms with Crippen LogP contribution in [-0.2, 0) is 10.0 Å². The normalized spacial score (nSPS) is 11.8. The molecule has 0 aliphatic carbocycles. The predicted molar refractivity (Wildman–Crippen MR) is 80.0 cm³/mol. The monoisotopic (exact) mass is 342 g/mol. The molecular formula is C11H16ClFN2O3S2. The van der Waals surface area contributed by atoms with Crippen LogP contribution in [0.4, 0.5) is 10.1 Å². The number of halogens is 2. The van der Waals surface area contributed by atoms with Gasteiger partial charge in [-0.05, 0) is 24.3 Å². The molecule has 1 aromatic carbocycles. The molecule has 0 fully saturated rings. The van der Waals surface area contributed by atoms with Crippen molar-refractivity contribution in [3.8, 4) is 0 Å². The molecule has 1 rings (SSSR count). The number of aliphatic hydroxyl groups is 1. The summed E-state index contributed by atoms with van der Waals surface area (Å²) >= 11 is 7.24. The van der Waals surface area contributed by atoms with Gasteiger partial charge in [-0.1, -0.05) is 11.6 Å². The lowest BCUT2D eigenvalue weighted by Gasteiger charge is -2.09. The van der Waals surface area contributed by atoms with Crippen LogP contribution in [0, 0.1) is 5.82 Å². The summed E-state index contributed by atoms with van der Waals surface area (Å²) < 4.78 is 39.5. The molecule has 0 unspecified atom stereocenters. The number of nitrogen functional groups attached to an aromatic ring is 1. The van der Waals surface area contributed by atoms with Gasteiger partial charge >= 0.3 is 0 Å². The van der Waals surface area contributed by atoms with Gasteiger partial charge in [-0.2, -0.15) is 11.8 Å². The van der Waals surface area contributed by atoms with Crippen molar-refractivity contribution in [1.29, 1.82) is 0 Å². The van der Waals surface area contributed by atoms with Crippen molar-refractivity contribution in [3.05, 3.63) is 23.0 Å². The smallest absolute Gasteiger partial charge is 0.242 e. The van der Waals surface area contributed by atoms with Gasteiger partial charge in [0.2, 0.25) is 10.0 Å². The van der Waals surface area contributed by atoms with Crippen LogP contribution in [0.2, 0.25) is 5.02 Å². The van der Waals surface area contributed by atoms with E-state index in [2.05, 4.69) is 4.72 Å². The van der Waals surface area contributed by atoms with E-state index in [-0.39, 0.29) is 28.8 Å². The van der Waals surface area contributed by atoms with E-state index in [4.69, 9.17) is 22.4 Å². The summed E-state index contributed by atoms with van der Waals surface area (Å²) in [6, 6.07) is 1.88. The summed E-state index contributed by atoms with van der Waals surface area (Å²) in [7, 11) is -3.81. The number of hydrogen-bond acceptors (Lipinski definition) is 5. The molecule has 0 atom stereocenters. The van der Waals surface area contributed by atoms with Gasteiger partial charge in [0.1, 0.15) is 10.7 Å². The Hall–Kier alpha value is -0.540. The summed E-state index contributed by atoms with van der Waals surface area (Å²) in [5.74, 6) is 0.559. The Morgan fingerprint density at radius 3 is 2.75 bits per heavy atom. The van der Waals surface area contributed by atoms with Gasteiger partial charge in [0.05, 0.1) is 10.7 Å². The van der Waals surface area contributed by atoms with Crippen LogP contribution in [0.1, 0.15) is 6.42 Å². The maximum absolute atomic E-state index is 13.1. The van der Waals surface area contributed by atoms with E-state index >= 15 is 0 Å². The second-order valence-corrected chi connectivity index (χ2v) is 7.26. The fraction of sp³-hybridized carbons (Fsp3) is 0.455. The van der Waals surface area contributed by atoms with Crippen molar-refractivity contribution in [2.45, 2.75) is 11.3 Å². The average Bonchev–Trinajstić information content (AvgIpc) is 2.37. The van der Waals surface area contributed by atoms with Crippen LogP contribution in [-0.4, -0.2) is 38.2 Å². The second-order valence-electron chi connectivity index (χ2n) is 3.89. The molecule has 5 nitrogen and oxygen atoms in total. The number of nitrogens with one attached hydrogen (secondary N) is 1. The van der Waals surface area contributed by atoms with E-state index in [9.17, 15) is 12.8 Å². The highest BCUT2D eigenvalue weighted by Gasteiger charge is 2.19. The first-order chi connectivity index (χ1) is 9.38. The number of hydrogen-bond donors (Lipinski definition) is 3. The van der Waals surface area contributed by atoms with Crippen molar-refractivity contribution < 1.29 is 17.9 Å². The van der Waals surface area contributed by atoms with Gasteiger partial charge in [-0.25, -0.2) is 17.5 Å². The minimum atomic E-state index is -3.81. The SMILES string of the molecule is Nc1cc(S(=O)(=O)NCCSCCCO)c(Cl)cc1F. The first-order valence-electron chi connectivity index (χ1n) is 5.81. The van der Waals surface area contributed by atoms with E-state index in [0.29, 0.717) is 12.2 Å². The van der Waals surface area contributed by atoms with Crippen molar-refractivity contribution in [2.24, 2.45) is 0 Å². The van der Waals surface area contributed by atoms with Crippen molar-refractivity contribution in [2.75, 3.05) is 30.4 Å². The lowest BCUT2D eigenvalue weighted by molar-refractivity contribution is 0.296.